The molecule has 0 bridgehead atoms. The van der Waals surface area contributed by atoms with E-state index in [4.69, 9.17) is 0 Å². The van der Waals surface area contributed by atoms with E-state index in [1.807, 2.05) is 29.2 Å². The van der Waals surface area contributed by atoms with E-state index < -0.39 is 0 Å². The summed E-state index contributed by atoms with van der Waals surface area (Å²) in [7, 11) is 1.80. The quantitative estimate of drug-likeness (QED) is 0.912. The fourth-order valence-electron chi connectivity index (χ4n) is 3.11. The number of nitrogens with zero attached hydrogens (tertiary/aromatic N) is 2. The van der Waals surface area contributed by atoms with E-state index in [-0.39, 0.29) is 17.9 Å². The third kappa shape index (κ3) is 2.78. The molecule has 2 aliphatic rings. The highest BCUT2D eigenvalue weighted by atomic mass is 16.2. The number of rotatable bonds is 3. The number of nitrogens with one attached hydrogen (secondary N) is 1. The lowest BCUT2D eigenvalue weighted by Crippen LogP contribution is -2.42. The van der Waals surface area contributed by atoms with E-state index >= 15 is 0 Å². The van der Waals surface area contributed by atoms with Gasteiger partial charge < -0.3 is 15.1 Å². The van der Waals surface area contributed by atoms with Crippen LogP contribution in [0, 0.1) is 0 Å². The zero-order valence-electron chi connectivity index (χ0n) is 12.3. The third-order valence-corrected chi connectivity index (χ3v) is 4.38. The van der Waals surface area contributed by atoms with Gasteiger partial charge in [0.2, 0.25) is 11.8 Å². The van der Waals surface area contributed by atoms with Crippen LogP contribution in [0.1, 0.15) is 30.9 Å². The van der Waals surface area contributed by atoms with E-state index in [9.17, 15) is 9.59 Å². The van der Waals surface area contributed by atoms with Crippen LogP contribution in [0.3, 0.4) is 0 Å². The first kappa shape index (κ1) is 14.1. The number of benzene rings is 1. The first-order chi connectivity index (χ1) is 10.2. The molecule has 1 aromatic rings. The van der Waals surface area contributed by atoms with Crippen molar-refractivity contribution in [1.82, 2.24) is 10.2 Å². The summed E-state index contributed by atoms with van der Waals surface area (Å²) in [6, 6.07) is 7.80. The first-order valence-electron chi connectivity index (χ1n) is 7.53. The molecule has 0 aliphatic carbocycles. The molecule has 112 valence electrons. The second kappa shape index (κ2) is 5.85. The number of likely N-dealkylation sites (tertiary alicyclic amines) is 1. The first-order valence-corrected chi connectivity index (χ1v) is 7.53. The highest BCUT2D eigenvalue weighted by molar-refractivity contribution is 5.96. The van der Waals surface area contributed by atoms with Crippen molar-refractivity contribution < 1.29 is 9.59 Å². The van der Waals surface area contributed by atoms with Crippen LogP contribution in [0.4, 0.5) is 5.69 Å². The van der Waals surface area contributed by atoms with Crippen molar-refractivity contribution in [3.8, 4) is 0 Å². The molecule has 2 amide bonds. The second-order valence-electron chi connectivity index (χ2n) is 5.74. The summed E-state index contributed by atoms with van der Waals surface area (Å²) in [5.74, 6) is 0.219. The molecule has 1 atom stereocenters. The molecule has 2 aliphatic heterocycles. The molecule has 2 heterocycles. The van der Waals surface area contributed by atoms with Gasteiger partial charge in [-0.2, -0.15) is 0 Å². The van der Waals surface area contributed by atoms with E-state index in [0.717, 1.165) is 37.2 Å². The normalized spacial score (nSPS) is 21.6. The Morgan fingerprint density at radius 2 is 2.00 bits per heavy atom. The van der Waals surface area contributed by atoms with Gasteiger partial charge in [-0.05, 0) is 24.5 Å². The summed E-state index contributed by atoms with van der Waals surface area (Å²) < 4.78 is 0. The van der Waals surface area contributed by atoms with E-state index in [2.05, 4.69) is 5.32 Å². The highest BCUT2D eigenvalue weighted by Gasteiger charge is 2.29. The summed E-state index contributed by atoms with van der Waals surface area (Å²) in [5.41, 5.74) is 2.02. The Kier molecular flexibility index (Phi) is 3.92. The molecule has 0 radical (unpaired) electrons. The summed E-state index contributed by atoms with van der Waals surface area (Å²) in [6.45, 7) is 2.03. The number of hydrogen-bond acceptors (Lipinski definition) is 3. The molecule has 0 spiro atoms. The van der Waals surface area contributed by atoms with Crippen LogP contribution in [-0.4, -0.2) is 43.4 Å². The second-order valence-corrected chi connectivity index (χ2v) is 5.74. The summed E-state index contributed by atoms with van der Waals surface area (Å²) in [6.07, 6.45) is 2.60. The van der Waals surface area contributed by atoms with Crippen molar-refractivity contribution in [2.75, 3.05) is 31.6 Å². The Balaban J connectivity index is 1.69. The SMILES string of the molecule is CN1C(=O)CC(NCC(=O)N2CCCC2)c2ccccc21. The van der Waals surface area contributed by atoms with Gasteiger partial charge in [-0.3, -0.25) is 9.59 Å². The number of para-hydroxylation sites is 1. The Labute approximate surface area is 124 Å². The minimum atomic E-state index is -0.0727. The van der Waals surface area contributed by atoms with Crippen LogP contribution in [-0.2, 0) is 9.59 Å². The van der Waals surface area contributed by atoms with E-state index in [1.165, 1.54) is 0 Å². The van der Waals surface area contributed by atoms with Gasteiger partial charge in [-0.15, -0.1) is 0 Å². The molecule has 1 fully saturated rings. The molecule has 5 nitrogen and oxygen atoms in total. The molecule has 3 rings (SSSR count). The van der Waals surface area contributed by atoms with Crippen molar-refractivity contribution in [2.24, 2.45) is 0 Å². The maximum absolute atomic E-state index is 12.1. The zero-order chi connectivity index (χ0) is 14.8. The molecule has 1 N–H and O–H groups in total. The Morgan fingerprint density at radius 3 is 2.76 bits per heavy atom. The lowest BCUT2D eigenvalue weighted by atomic mass is 9.96. The van der Waals surface area contributed by atoms with Crippen LogP contribution in [0.15, 0.2) is 24.3 Å². The molecule has 5 heteroatoms. The predicted molar refractivity (Wildman–Crippen MR) is 81.0 cm³/mol. The van der Waals surface area contributed by atoms with Crippen LogP contribution in [0.2, 0.25) is 0 Å². The molecular weight excluding hydrogens is 266 g/mol. The summed E-state index contributed by atoms with van der Waals surface area (Å²) >= 11 is 0. The van der Waals surface area contributed by atoms with Crippen molar-refractivity contribution >= 4 is 17.5 Å². The smallest absolute Gasteiger partial charge is 0.236 e. The van der Waals surface area contributed by atoms with Gasteiger partial charge in [0.1, 0.15) is 0 Å². The van der Waals surface area contributed by atoms with Crippen LogP contribution in [0.25, 0.3) is 0 Å². The van der Waals surface area contributed by atoms with E-state index in [0.29, 0.717) is 13.0 Å². The van der Waals surface area contributed by atoms with Gasteiger partial charge >= 0.3 is 0 Å². The maximum Gasteiger partial charge on any atom is 0.236 e. The third-order valence-electron chi connectivity index (χ3n) is 4.38. The van der Waals surface area contributed by atoms with Gasteiger partial charge in [0.05, 0.1) is 6.54 Å². The lowest BCUT2D eigenvalue weighted by Gasteiger charge is -2.32. The van der Waals surface area contributed by atoms with Gasteiger partial charge in [0.25, 0.3) is 0 Å². The highest BCUT2D eigenvalue weighted by Crippen LogP contribution is 2.33. The van der Waals surface area contributed by atoms with Crippen molar-refractivity contribution in [1.29, 1.82) is 0 Å². The van der Waals surface area contributed by atoms with Gasteiger partial charge in [0, 0.05) is 38.3 Å². The minimum absolute atomic E-state index is 0.0727. The number of anilines is 1. The topological polar surface area (TPSA) is 52.7 Å². The van der Waals surface area contributed by atoms with Crippen LogP contribution in [0.5, 0.6) is 0 Å². The molecule has 1 unspecified atom stereocenters. The van der Waals surface area contributed by atoms with Gasteiger partial charge in [-0.25, -0.2) is 0 Å². The predicted octanol–water partition coefficient (Wildman–Crippen LogP) is 1.31. The number of carbonyl (C=O) groups is 2. The minimum Gasteiger partial charge on any atom is -0.342 e. The molecular formula is C16H21N3O2. The number of fused-ring (bicyclic) bond motifs is 1. The van der Waals surface area contributed by atoms with Crippen molar-refractivity contribution in [3.05, 3.63) is 29.8 Å². The van der Waals surface area contributed by atoms with Gasteiger partial charge in [0.15, 0.2) is 0 Å². The zero-order valence-corrected chi connectivity index (χ0v) is 12.3. The standard InChI is InChI=1S/C16H21N3O2/c1-18-14-7-3-2-6-12(14)13(10-15(18)20)17-11-16(21)19-8-4-5-9-19/h2-3,6-7,13,17H,4-5,8-11H2,1H3. The van der Waals surface area contributed by atoms with Crippen LogP contribution >= 0.6 is 0 Å². The molecule has 0 saturated carbocycles. The molecule has 21 heavy (non-hydrogen) atoms. The van der Waals surface area contributed by atoms with Gasteiger partial charge in [-0.1, -0.05) is 18.2 Å². The van der Waals surface area contributed by atoms with E-state index in [1.54, 1.807) is 11.9 Å². The summed E-state index contributed by atoms with van der Waals surface area (Å²) in [5, 5.41) is 3.27. The molecule has 1 saturated heterocycles. The average molecular weight is 287 g/mol. The Hall–Kier alpha value is -1.88. The number of carbonyl (C=O) groups excluding carboxylic acids is 2. The Bertz CT molecular complexity index is 552. The maximum atomic E-state index is 12.1. The monoisotopic (exact) mass is 287 g/mol. The molecule has 0 aromatic heterocycles. The number of hydrogen-bond donors (Lipinski definition) is 1. The Morgan fingerprint density at radius 1 is 1.29 bits per heavy atom. The average Bonchev–Trinajstić information content (AvgIpc) is 3.03. The fraction of sp³-hybridized carbons (Fsp3) is 0.500. The van der Waals surface area contributed by atoms with Crippen LogP contribution < -0.4 is 10.2 Å². The van der Waals surface area contributed by atoms with Crippen molar-refractivity contribution in [3.63, 3.8) is 0 Å². The lowest BCUT2D eigenvalue weighted by molar-refractivity contribution is -0.129. The summed E-state index contributed by atoms with van der Waals surface area (Å²) in [4.78, 5) is 27.8. The largest absolute Gasteiger partial charge is 0.342 e. The molecule has 1 aromatic carbocycles. The van der Waals surface area contributed by atoms with Crippen molar-refractivity contribution in [2.45, 2.75) is 25.3 Å². The fourth-order valence-corrected chi connectivity index (χ4v) is 3.11. The number of amides is 2.